The SMILES string of the molecule is Cc1cc(C)c(C2CC[NH2+]CC2)cc1C. The van der Waals surface area contributed by atoms with Crippen molar-refractivity contribution in [3.05, 3.63) is 34.4 Å². The van der Waals surface area contributed by atoms with Crippen LogP contribution in [0.3, 0.4) is 0 Å². The Kier molecular flexibility index (Phi) is 3.11. The molecule has 2 N–H and O–H groups in total. The van der Waals surface area contributed by atoms with E-state index in [-0.39, 0.29) is 0 Å². The summed E-state index contributed by atoms with van der Waals surface area (Å²) in [5.41, 5.74) is 5.97. The Morgan fingerprint density at radius 3 is 2.20 bits per heavy atom. The maximum atomic E-state index is 2.44. The highest BCUT2D eigenvalue weighted by molar-refractivity contribution is 5.38. The van der Waals surface area contributed by atoms with Crippen LogP contribution in [0.5, 0.6) is 0 Å². The van der Waals surface area contributed by atoms with Crippen LogP contribution >= 0.6 is 0 Å². The summed E-state index contributed by atoms with van der Waals surface area (Å²) in [4.78, 5) is 0. The van der Waals surface area contributed by atoms with E-state index in [4.69, 9.17) is 0 Å². The molecule has 1 heteroatoms. The van der Waals surface area contributed by atoms with Crippen molar-refractivity contribution in [2.45, 2.75) is 39.5 Å². The molecule has 1 aromatic carbocycles. The molecule has 2 rings (SSSR count). The number of piperidine rings is 1. The third kappa shape index (κ3) is 2.23. The van der Waals surface area contributed by atoms with Gasteiger partial charge in [-0.3, -0.25) is 0 Å². The Morgan fingerprint density at radius 2 is 1.53 bits per heavy atom. The van der Waals surface area contributed by atoms with Gasteiger partial charge in [0.15, 0.2) is 0 Å². The Labute approximate surface area is 92.9 Å². The highest BCUT2D eigenvalue weighted by atomic mass is 14.9. The van der Waals surface area contributed by atoms with Crippen LogP contribution in [0.4, 0.5) is 0 Å². The first-order chi connectivity index (χ1) is 7.18. The average Bonchev–Trinajstić information content (AvgIpc) is 2.25. The second kappa shape index (κ2) is 4.36. The molecule has 0 bridgehead atoms. The highest BCUT2D eigenvalue weighted by Gasteiger charge is 2.19. The Morgan fingerprint density at radius 1 is 0.933 bits per heavy atom. The van der Waals surface area contributed by atoms with Gasteiger partial charge in [0.1, 0.15) is 0 Å². The van der Waals surface area contributed by atoms with Crippen molar-refractivity contribution < 1.29 is 5.32 Å². The molecule has 1 aliphatic heterocycles. The lowest BCUT2D eigenvalue weighted by atomic mass is 9.85. The summed E-state index contributed by atoms with van der Waals surface area (Å²) < 4.78 is 0. The molecular formula is C14H22N+. The molecule has 82 valence electrons. The van der Waals surface area contributed by atoms with E-state index in [1.54, 1.807) is 5.56 Å². The zero-order chi connectivity index (χ0) is 10.8. The van der Waals surface area contributed by atoms with Gasteiger partial charge < -0.3 is 5.32 Å². The number of quaternary nitrogens is 1. The molecule has 15 heavy (non-hydrogen) atoms. The largest absolute Gasteiger partial charge is 0.346 e. The fourth-order valence-corrected chi connectivity index (χ4v) is 2.66. The van der Waals surface area contributed by atoms with E-state index in [0.717, 1.165) is 5.92 Å². The molecule has 1 aliphatic rings. The van der Waals surface area contributed by atoms with Gasteiger partial charge in [0.2, 0.25) is 0 Å². The van der Waals surface area contributed by atoms with Crippen molar-refractivity contribution in [2.75, 3.05) is 13.1 Å². The maximum absolute atomic E-state index is 2.44. The zero-order valence-electron chi connectivity index (χ0n) is 10.1. The second-order valence-electron chi connectivity index (χ2n) is 4.93. The van der Waals surface area contributed by atoms with Crippen LogP contribution in [-0.2, 0) is 0 Å². The fraction of sp³-hybridized carbons (Fsp3) is 0.571. The predicted octanol–water partition coefficient (Wildman–Crippen LogP) is 2.05. The summed E-state index contributed by atoms with van der Waals surface area (Å²) >= 11 is 0. The quantitative estimate of drug-likeness (QED) is 0.721. The van der Waals surface area contributed by atoms with Gasteiger partial charge in [0.05, 0.1) is 13.1 Å². The van der Waals surface area contributed by atoms with Crippen molar-refractivity contribution in [1.82, 2.24) is 0 Å². The van der Waals surface area contributed by atoms with Gasteiger partial charge in [-0.1, -0.05) is 12.1 Å². The molecule has 0 unspecified atom stereocenters. The van der Waals surface area contributed by atoms with Gasteiger partial charge in [-0.2, -0.15) is 0 Å². The fourth-order valence-electron chi connectivity index (χ4n) is 2.66. The summed E-state index contributed by atoms with van der Waals surface area (Å²) in [7, 11) is 0. The van der Waals surface area contributed by atoms with E-state index < -0.39 is 0 Å². The van der Waals surface area contributed by atoms with E-state index in [1.165, 1.54) is 42.6 Å². The highest BCUT2D eigenvalue weighted by Crippen LogP contribution is 2.28. The Hall–Kier alpha value is -0.820. The standard InChI is InChI=1S/C14H21N/c1-10-8-12(3)14(9-11(10)2)13-4-6-15-7-5-13/h8-9,13,15H,4-7H2,1-3H3/p+1. The number of hydrogen-bond donors (Lipinski definition) is 1. The molecule has 0 atom stereocenters. The molecular weight excluding hydrogens is 182 g/mol. The van der Waals surface area contributed by atoms with Crippen LogP contribution in [0, 0.1) is 20.8 Å². The summed E-state index contributed by atoms with van der Waals surface area (Å²) in [5, 5.41) is 2.44. The van der Waals surface area contributed by atoms with Crippen LogP contribution < -0.4 is 5.32 Å². The van der Waals surface area contributed by atoms with Gasteiger partial charge in [-0.25, -0.2) is 0 Å². The molecule has 0 aliphatic carbocycles. The molecule has 0 aromatic heterocycles. The first kappa shape index (κ1) is 10.7. The second-order valence-corrected chi connectivity index (χ2v) is 4.93. The van der Waals surface area contributed by atoms with Gasteiger partial charge >= 0.3 is 0 Å². The van der Waals surface area contributed by atoms with Crippen molar-refractivity contribution >= 4 is 0 Å². The molecule has 1 nitrogen and oxygen atoms in total. The third-order valence-corrected chi connectivity index (χ3v) is 3.76. The van der Waals surface area contributed by atoms with Gasteiger partial charge in [0, 0.05) is 12.8 Å². The van der Waals surface area contributed by atoms with Crippen LogP contribution in [0.15, 0.2) is 12.1 Å². The summed E-state index contributed by atoms with van der Waals surface area (Å²) in [5.74, 6) is 0.814. The molecule has 1 fully saturated rings. The number of rotatable bonds is 1. The number of hydrogen-bond acceptors (Lipinski definition) is 0. The van der Waals surface area contributed by atoms with E-state index in [9.17, 15) is 0 Å². The lowest BCUT2D eigenvalue weighted by Gasteiger charge is -2.23. The van der Waals surface area contributed by atoms with Crippen molar-refractivity contribution in [3.8, 4) is 0 Å². The lowest BCUT2D eigenvalue weighted by Crippen LogP contribution is -2.86. The first-order valence-corrected chi connectivity index (χ1v) is 6.08. The molecule has 0 amide bonds. The summed E-state index contributed by atoms with van der Waals surface area (Å²) in [6.07, 6.45) is 2.70. The molecule has 0 saturated carbocycles. The number of benzene rings is 1. The monoisotopic (exact) mass is 204 g/mol. The van der Waals surface area contributed by atoms with Crippen molar-refractivity contribution in [1.29, 1.82) is 0 Å². The molecule has 0 spiro atoms. The lowest BCUT2D eigenvalue weighted by molar-refractivity contribution is -0.663. The topological polar surface area (TPSA) is 16.6 Å². The van der Waals surface area contributed by atoms with E-state index in [1.807, 2.05) is 0 Å². The summed E-state index contributed by atoms with van der Waals surface area (Å²) in [6.45, 7) is 9.31. The Bertz CT molecular complexity index is 349. The van der Waals surface area contributed by atoms with E-state index in [0.29, 0.717) is 0 Å². The van der Waals surface area contributed by atoms with Crippen LogP contribution in [0.1, 0.15) is 41.0 Å². The van der Waals surface area contributed by atoms with E-state index in [2.05, 4.69) is 38.2 Å². The molecule has 1 aromatic rings. The number of aryl methyl sites for hydroxylation is 3. The minimum absolute atomic E-state index is 0.814. The smallest absolute Gasteiger partial charge is 0.0761 e. The minimum Gasteiger partial charge on any atom is -0.346 e. The van der Waals surface area contributed by atoms with Gasteiger partial charge in [-0.15, -0.1) is 0 Å². The molecule has 1 saturated heterocycles. The normalized spacial score (nSPS) is 18.1. The summed E-state index contributed by atoms with van der Waals surface area (Å²) in [6, 6.07) is 4.77. The van der Waals surface area contributed by atoms with E-state index >= 15 is 0 Å². The van der Waals surface area contributed by atoms with Crippen LogP contribution in [-0.4, -0.2) is 13.1 Å². The van der Waals surface area contributed by atoms with Crippen LogP contribution in [0.2, 0.25) is 0 Å². The van der Waals surface area contributed by atoms with Gasteiger partial charge in [-0.05, 0) is 48.9 Å². The molecule has 0 radical (unpaired) electrons. The molecule has 1 heterocycles. The predicted molar refractivity (Wildman–Crippen MR) is 64.3 cm³/mol. The minimum atomic E-state index is 0.814. The van der Waals surface area contributed by atoms with Crippen LogP contribution in [0.25, 0.3) is 0 Å². The van der Waals surface area contributed by atoms with Crippen molar-refractivity contribution in [2.24, 2.45) is 0 Å². The van der Waals surface area contributed by atoms with Gasteiger partial charge in [0.25, 0.3) is 0 Å². The maximum Gasteiger partial charge on any atom is 0.0761 e. The average molecular weight is 204 g/mol. The third-order valence-electron chi connectivity index (χ3n) is 3.76. The van der Waals surface area contributed by atoms with Crippen molar-refractivity contribution in [3.63, 3.8) is 0 Å². The Balaban J connectivity index is 2.30. The number of nitrogens with two attached hydrogens (primary N) is 1. The zero-order valence-corrected chi connectivity index (χ0v) is 10.1. The first-order valence-electron chi connectivity index (χ1n) is 6.08.